The van der Waals surface area contributed by atoms with Gasteiger partial charge in [-0.15, -0.1) is 22.9 Å². The molecule has 1 aliphatic heterocycles. The van der Waals surface area contributed by atoms with Gasteiger partial charge in [-0.25, -0.2) is 9.78 Å². The summed E-state index contributed by atoms with van der Waals surface area (Å²) in [7, 11) is 0. The van der Waals surface area contributed by atoms with Crippen LogP contribution in [0.25, 0.3) is 0 Å². The van der Waals surface area contributed by atoms with Gasteiger partial charge < -0.3 is 5.32 Å². The van der Waals surface area contributed by atoms with Crippen LogP contribution in [-0.4, -0.2) is 33.9 Å². The lowest BCUT2D eigenvalue weighted by molar-refractivity contribution is -0.130. The van der Waals surface area contributed by atoms with Crippen molar-refractivity contribution in [2.24, 2.45) is 0 Å². The van der Waals surface area contributed by atoms with Gasteiger partial charge in [0.05, 0.1) is 16.6 Å². The molecule has 2 rings (SSSR count). The third-order valence-corrected chi connectivity index (χ3v) is 4.79. The second-order valence-electron chi connectivity index (χ2n) is 5.04. The monoisotopic (exact) mass is 315 g/mol. The normalized spacial score (nSPS) is 22.4. The second-order valence-corrected chi connectivity index (χ2v) is 6.25. The number of aryl methyl sites for hydroxylation is 1. The Bertz CT molecular complexity index is 519. The summed E-state index contributed by atoms with van der Waals surface area (Å²) in [5, 5.41) is 5.68. The highest BCUT2D eigenvalue weighted by molar-refractivity contribution is 7.09. The van der Waals surface area contributed by atoms with Crippen LogP contribution in [0, 0.1) is 0 Å². The summed E-state index contributed by atoms with van der Waals surface area (Å²) in [6.45, 7) is 4.09. The molecule has 0 aliphatic carbocycles. The maximum absolute atomic E-state index is 12.2. The van der Waals surface area contributed by atoms with Gasteiger partial charge in [-0.3, -0.25) is 9.69 Å². The van der Waals surface area contributed by atoms with Crippen LogP contribution in [0.3, 0.4) is 0 Å². The molecule has 1 atom stereocenters. The smallest absolute Gasteiger partial charge is 0.323 e. The molecular formula is C13H18ClN3O2S. The highest BCUT2D eigenvalue weighted by atomic mass is 35.5. The van der Waals surface area contributed by atoms with Crippen molar-refractivity contribution in [1.82, 2.24) is 15.2 Å². The third kappa shape index (κ3) is 2.96. The first-order chi connectivity index (χ1) is 9.50. The number of urea groups is 1. The average Bonchev–Trinajstić information content (AvgIpc) is 2.97. The van der Waals surface area contributed by atoms with E-state index in [-0.39, 0.29) is 11.9 Å². The van der Waals surface area contributed by atoms with Gasteiger partial charge >= 0.3 is 6.03 Å². The predicted molar refractivity (Wildman–Crippen MR) is 78.9 cm³/mol. The molecule has 1 unspecified atom stereocenters. The van der Waals surface area contributed by atoms with Crippen molar-refractivity contribution in [2.45, 2.75) is 44.5 Å². The Hall–Kier alpha value is -1.14. The van der Waals surface area contributed by atoms with E-state index in [4.69, 9.17) is 11.6 Å². The number of nitrogens with zero attached hydrogens (tertiary/aromatic N) is 2. The van der Waals surface area contributed by atoms with Crippen molar-refractivity contribution >= 4 is 34.9 Å². The number of carbonyl (C=O) groups excluding carboxylic acids is 2. The number of nitrogens with one attached hydrogen (secondary N) is 1. The molecule has 1 aromatic rings. The molecule has 110 valence electrons. The van der Waals surface area contributed by atoms with E-state index in [1.165, 1.54) is 4.90 Å². The van der Waals surface area contributed by atoms with Crippen LogP contribution in [0.4, 0.5) is 4.79 Å². The van der Waals surface area contributed by atoms with Crippen LogP contribution in [0.2, 0.25) is 0 Å². The maximum Gasteiger partial charge on any atom is 0.325 e. The molecule has 0 bridgehead atoms. The van der Waals surface area contributed by atoms with Gasteiger partial charge in [-0.05, 0) is 19.8 Å². The van der Waals surface area contributed by atoms with E-state index in [2.05, 4.69) is 10.3 Å². The first kappa shape index (κ1) is 15.3. The molecular weight excluding hydrogens is 298 g/mol. The molecule has 0 spiro atoms. The summed E-state index contributed by atoms with van der Waals surface area (Å²) >= 11 is 7.26. The Morgan fingerprint density at radius 1 is 1.50 bits per heavy atom. The third-order valence-electron chi connectivity index (χ3n) is 3.56. The highest BCUT2D eigenvalue weighted by Gasteiger charge is 2.45. The van der Waals surface area contributed by atoms with Gasteiger partial charge in [0, 0.05) is 18.3 Å². The van der Waals surface area contributed by atoms with Gasteiger partial charge in [0.15, 0.2) is 0 Å². The van der Waals surface area contributed by atoms with Gasteiger partial charge in [0.2, 0.25) is 0 Å². The number of halogens is 1. The number of aromatic nitrogens is 1. The van der Waals surface area contributed by atoms with Crippen molar-refractivity contribution in [3.8, 4) is 0 Å². The fourth-order valence-corrected chi connectivity index (χ4v) is 3.17. The van der Waals surface area contributed by atoms with Crippen molar-refractivity contribution in [3.63, 3.8) is 0 Å². The summed E-state index contributed by atoms with van der Waals surface area (Å²) in [6.07, 6.45) is 2.06. The average molecular weight is 316 g/mol. The molecule has 0 aromatic carbocycles. The van der Waals surface area contributed by atoms with Crippen LogP contribution >= 0.6 is 22.9 Å². The van der Waals surface area contributed by atoms with E-state index in [1.807, 2.05) is 12.3 Å². The second kappa shape index (κ2) is 6.10. The molecule has 7 heteroatoms. The molecule has 0 saturated carbocycles. The lowest BCUT2D eigenvalue weighted by Gasteiger charge is -2.19. The SMILES string of the molecule is CCC1(C)NC(=O)N(CCCc2nc(CCl)cs2)C1=O. The van der Waals surface area contributed by atoms with Crippen molar-refractivity contribution in [3.05, 3.63) is 16.1 Å². The van der Waals surface area contributed by atoms with Crippen LogP contribution in [0.15, 0.2) is 5.38 Å². The Kier molecular flexibility index (Phi) is 4.65. The number of amides is 3. The summed E-state index contributed by atoms with van der Waals surface area (Å²) in [5.74, 6) is 0.281. The molecule has 3 amide bonds. The Morgan fingerprint density at radius 2 is 2.25 bits per heavy atom. The summed E-state index contributed by atoms with van der Waals surface area (Å²) in [5.41, 5.74) is 0.129. The zero-order valence-corrected chi connectivity index (χ0v) is 13.2. The van der Waals surface area contributed by atoms with Crippen LogP contribution in [0.5, 0.6) is 0 Å². The summed E-state index contributed by atoms with van der Waals surface area (Å²) in [6, 6.07) is -0.292. The molecule has 1 saturated heterocycles. The predicted octanol–water partition coefficient (Wildman–Crippen LogP) is 2.54. The van der Waals surface area contributed by atoms with Crippen molar-refractivity contribution in [1.29, 1.82) is 0 Å². The number of rotatable bonds is 6. The Labute approximate surface area is 127 Å². The van der Waals surface area contributed by atoms with Crippen LogP contribution in [0.1, 0.15) is 37.4 Å². The number of imide groups is 1. The quantitative estimate of drug-likeness (QED) is 0.648. The summed E-state index contributed by atoms with van der Waals surface area (Å²) < 4.78 is 0. The summed E-state index contributed by atoms with van der Waals surface area (Å²) in [4.78, 5) is 29.7. The first-order valence-electron chi connectivity index (χ1n) is 6.63. The van der Waals surface area contributed by atoms with Crippen molar-refractivity contribution < 1.29 is 9.59 Å². The van der Waals surface area contributed by atoms with E-state index in [9.17, 15) is 9.59 Å². The standard InChI is InChI=1S/C13H18ClN3O2S/c1-3-13(2)11(18)17(12(19)16-13)6-4-5-10-15-9(7-14)8-20-10/h8H,3-7H2,1-2H3,(H,16,19). The Balaban J connectivity index is 1.88. The lowest BCUT2D eigenvalue weighted by Crippen LogP contribution is -2.43. The van der Waals surface area contributed by atoms with Crippen molar-refractivity contribution in [2.75, 3.05) is 6.54 Å². The fourth-order valence-electron chi connectivity index (χ4n) is 2.10. The van der Waals surface area contributed by atoms with Gasteiger partial charge in [-0.1, -0.05) is 6.92 Å². The maximum atomic E-state index is 12.2. The molecule has 1 aliphatic rings. The van der Waals surface area contributed by atoms with Gasteiger partial charge in [0.1, 0.15) is 5.54 Å². The zero-order chi connectivity index (χ0) is 14.8. The largest absolute Gasteiger partial charge is 0.325 e. The minimum atomic E-state index is -0.746. The number of thiazole rings is 1. The molecule has 1 N–H and O–H groups in total. The van der Waals surface area contributed by atoms with E-state index in [0.29, 0.717) is 25.3 Å². The van der Waals surface area contributed by atoms with E-state index >= 15 is 0 Å². The number of alkyl halides is 1. The first-order valence-corrected chi connectivity index (χ1v) is 8.05. The van der Waals surface area contributed by atoms with E-state index in [0.717, 1.165) is 17.1 Å². The van der Waals surface area contributed by atoms with Crippen LogP contribution < -0.4 is 5.32 Å². The lowest BCUT2D eigenvalue weighted by atomic mass is 9.99. The molecule has 1 fully saturated rings. The number of hydrogen-bond donors (Lipinski definition) is 1. The minimum absolute atomic E-state index is 0.134. The van der Waals surface area contributed by atoms with E-state index < -0.39 is 5.54 Å². The highest BCUT2D eigenvalue weighted by Crippen LogP contribution is 2.21. The minimum Gasteiger partial charge on any atom is -0.323 e. The number of carbonyl (C=O) groups is 2. The van der Waals surface area contributed by atoms with Crippen LogP contribution in [-0.2, 0) is 17.1 Å². The Morgan fingerprint density at radius 3 is 2.80 bits per heavy atom. The van der Waals surface area contributed by atoms with Gasteiger partial charge in [-0.2, -0.15) is 0 Å². The molecule has 20 heavy (non-hydrogen) atoms. The topological polar surface area (TPSA) is 62.3 Å². The molecule has 0 radical (unpaired) electrons. The molecule has 2 heterocycles. The fraction of sp³-hybridized carbons (Fsp3) is 0.615. The van der Waals surface area contributed by atoms with Gasteiger partial charge in [0.25, 0.3) is 5.91 Å². The zero-order valence-electron chi connectivity index (χ0n) is 11.6. The molecule has 1 aromatic heterocycles. The van der Waals surface area contributed by atoms with E-state index in [1.54, 1.807) is 18.3 Å². The number of hydrogen-bond acceptors (Lipinski definition) is 4. The molecule has 5 nitrogen and oxygen atoms in total.